The fourth-order valence-electron chi connectivity index (χ4n) is 3.47. The molecule has 0 amide bonds. The number of nitrogens with zero attached hydrogens (tertiary/aromatic N) is 1. The number of carbonyl (C=O) groups excluding carboxylic acids is 2. The molecule has 0 radical (unpaired) electrons. The summed E-state index contributed by atoms with van der Waals surface area (Å²) in [6.07, 6.45) is 0.579. The van der Waals surface area contributed by atoms with Gasteiger partial charge in [-0.2, -0.15) is 0 Å². The first kappa shape index (κ1) is 21.6. The van der Waals surface area contributed by atoms with Gasteiger partial charge in [-0.3, -0.25) is 9.10 Å². The lowest BCUT2D eigenvalue weighted by Crippen LogP contribution is -2.29. The number of hydrogen-bond acceptors (Lipinski definition) is 5. The number of ketones is 1. The summed E-state index contributed by atoms with van der Waals surface area (Å²) >= 11 is 0. The van der Waals surface area contributed by atoms with E-state index in [9.17, 15) is 26.8 Å². The Labute approximate surface area is 183 Å². The number of halogens is 2. The third-order valence-corrected chi connectivity index (χ3v) is 6.87. The molecule has 0 N–H and O–H groups in total. The molecule has 4 rings (SSSR count). The number of anilines is 1. The van der Waals surface area contributed by atoms with Crippen LogP contribution in [-0.2, 0) is 21.2 Å². The third kappa shape index (κ3) is 4.11. The number of para-hydroxylation sites is 1. The summed E-state index contributed by atoms with van der Waals surface area (Å²) < 4.78 is 59.4. The molecule has 1 aliphatic heterocycles. The number of carbonyl (C=O) groups is 2. The standard InChI is InChI=1S/C23H17F2NO5S/c24-17-8-9-20(25)19(13-17)22(27)14-31-23(28)16-5-3-6-18(12-16)32(29,30)26-11-10-15-4-1-2-7-21(15)26/h1-9,12-13H,10-11,14H2. The molecule has 0 aliphatic carbocycles. The Hall–Kier alpha value is -3.59. The van der Waals surface area contributed by atoms with E-state index < -0.39 is 45.6 Å². The molecule has 0 fully saturated rings. The number of benzene rings is 3. The van der Waals surface area contributed by atoms with E-state index in [0.717, 1.165) is 23.8 Å². The molecule has 0 unspecified atom stereocenters. The molecule has 164 valence electrons. The number of esters is 1. The molecule has 0 saturated carbocycles. The van der Waals surface area contributed by atoms with Crippen LogP contribution in [0.1, 0.15) is 26.3 Å². The van der Waals surface area contributed by atoms with Crippen molar-refractivity contribution in [2.75, 3.05) is 17.5 Å². The predicted molar refractivity (Wildman–Crippen MR) is 112 cm³/mol. The Morgan fingerprint density at radius 2 is 1.75 bits per heavy atom. The van der Waals surface area contributed by atoms with Crippen molar-refractivity contribution < 1.29 is 31.5 Å². The second kappa shape index (κ2) is 8.51. The lowest BCUT2D eigenvalue weighted by Gasteiger charge is -2.19. The molecule has 9 heteroatoms. The molecule has 0 aromatic heterocycles. The minimum atomic E-state index is -3.93. The average molecular weight is 457 g/mol. The Morgan fingerprint density at radius 1 is 0.969 bits per heavy atom. The van der Waals surface area contributed by atoms with Crippen molar-refractivity contribution in [3.05, 3.63) is 95.1 Å². The molecule has 32 heavy (non-hydrogen) atoms. The van der Waals surface area contributed by atoms with Crippen molar-refractivity contribution in [1.29, 1.82) is 0 Å². The lowest BCUT2D eigenvalue weighted by atomic mass is 10.1. The Balaban J connectivity index is 1.51. The third-order valence-electron chi connectivity index (χ3n) is 5.07. The van der Waals surface area contributed by atoms with E-state index in [1.807, 2.05) is 12.1 Å². The molecule has 0 bridgehead atoms. The van der Waals surface area contributed by atoms with Crippen molar-refractivity contribution in [3.63, 3.8) is 0 Å². The van der Waals surface area contributed by atoms with E-state index in [0.29, 0.717) is 18.2 Å². The summed E-state index contributed by atoms with van der Waals surface area (Å²) in [6, 6.07) is 14.8. The van der Waals surface area contributed by atoms with E-state index in [2.05, 4.69) is 0 Å². The van der Waals surface area contributed by atoms with Gasteiger partial charge in [-0.05, 0) is 54.4 Å². The summed E-state index contributed by atoms with van der Waals surface area (Å²) in [5.41, 5.74) is 0.867. The highest BCUT2D eigenvalue weighted by Crippen LogP contribution is 2.32. The van der Waals surface area contributed by atoms with Crippen molar-refractivity contribution in [3.8, 4) is 0 Å². The zero-order valence-corrected chi connectivity index (χ0v) is 17.4. The zero-order valence-electron chi connectivity index (χ0n) is 16.6. The number of sulfonamides is 1. The van der Waals surface area contributed by atoms with Gasteiger partial charge in [0.2, 0.25) is 5.78 Å². The second-order valence-electron chi connectivity index (χ2n) is 7.11. The summed E-state index contributed by atoms with van der Waals surface area (Å²) in [5.74, 6) is -3.63. The normalized spacial score (nSPS) is 13.0. The minimum Gasteiger partial charge on any atom is -0.454 e. The number of fused-ring (bicyclic) bond motifs is 1. The molecule has 0 saturated heterocycles. The van der Waals surface area contributed by atoms with Gasteiger partial charge in [0, 0.05) is 6.54 Å². The van der Waals surface area contributed by atoms with Crippen LogP contribution >= 0.6 is 0 Å². The van der Waals surface area contributed by atoms with Crippen molar-refractivity contribution in [2.24, 2.45) is 0 Å². The van der Waals surface area contributed by atoms with Crippen molar-refractivity contribution >= 4 is 27.5 Å². The van der Waals surface area contributed by atoms with Crippen molar-refractivity contribution in [1.82, 2.24) is 0 Å². The Morgan fingerprint density at radius 3 is 2.56 bits per heavy atom. The van der Waals surface area contributed by atoms with Gasteiger partial charge in [-0.15, -0.1) is 0 Å². The van der Waals surface area contributed by atoms with Crippen LogP contribution in [0.4, 0.5) is 14.5 Å². The van der Waals surface area contributed by atoms with Crippen LogP contribution in [0.15, 0.2) is 71.6 Å². The number of hydrogen-bond donors (Lipinski definition) is 0. The van der Waals surface area contributed by atoms with Gasteiger partial charge in [0.25, 0.3) is 10.0 Å². The summed E-state index contributed by atoms with van der Waals surface area (Å²) in [7, 11) is -3.93. The first-order valence-electron chi connectivity index (χ1n) is 9.63. The van der Waals surface area contributed by atoms with Gasteiger partial charge in [0.05, 0.1) is 21.7 Å². The number of Topliss-reactive ketones (excluding diaryl/α,β-unsaturated/α-hetero) is 1. The van der Waals surface area contributed by atoms with Gasteiger partial charge in [-0.25, -0.2) is 22.0 Å². The van der Waals surface area contributed by atoms with Crippen LogP contribution in [0.2, 0.25) is 0 Å². The van der Waals surface area contributed by atoms with Crippen LogP contribution in [0.25, 0.3) is 0 Å². The maximum absolute atomic E-state index is 13.7. The van der Waals surface area contributed by atoms with Gasteiger partial charge in [0.15, 0.2) is 6.61 Å². The maximum atomic E-state index is 13.7. The van der Waals surface area contributed by atoms with Crippen LogP contribution < -0.4 is 4.31 Å². The molecule has 3 aromatic rings. The lowest BCUT2D eigenvalue weighted by molar-refractivity contribution is 0.0473. The minimum absolute atomic E-state index is 0.0916. The van der Waals surface area contributed by atoms with E-state index in [1.165, 1.54) is 22.5 Å². The summed E-state index contributed by atoms with van der Waals surface area (Å²) in [5, 5.41) is 0. The first-order valence-corrected chi connectivity index (χ1v) is 11.1. The Kier molecular flexibility index (Phi) is 5.75. The van der Waals surface area contributed by atoms with E-state index in [4.69, 9.17) is 4.74 Å². The van der Waals surface area contributed by atoms with Gasteiger partial charge in [0.1, 0.15) is 11.6 Å². The fourth-order valence-corrected chi connectivity index (χ4v) is 5.02. The van der Waals surface area contributed by atoms with Crippen LogP contribution in [0.5, 0.6) is 0 Å². The SMILES string of the molecule is O=C(OCC(=O)c1cc(F)ccc1F)c1cccc(S(=O)(=O)N2CCc3ccccc32)c1. The molecule has 6 nitrogen and oxygen atoms in total. The number of rotatable bonds is 6. The topological polar surface area (TPSA) is 80.8 Å². The zero-order chi connectivity index (χ0) is 22.9. The summed E-state index contributed by atoms with van der Waals surface area (Å²) in [4.78, 5) is 24.4. The summed E-state index contributed by atoms with van der Waals surface area (Å²) in [6.45, 7) is -0.542. The van der Waals surface area contributed by atoms with E-state index in [1.54, 1.807) is 12.1 Å². The highest BCUT2D eigenvalue weighted by molar-refractivity contribution is 7.92. The molecule has 1 heterocycles. The van der Waals surface area contributed by atoms with Gasteiger partial charge in [-0.1, -0.05) is 24.3 Å². The van der Waals surface area contributed by atoms with Crippen LogP contribution in [0.3, 0.4) is 0 Å². The Bertz CT molecular complexity index is 1320. The van der Waals surface area contributed by atoms with E-state index >= 15 is 0 Å². The molecule has 0 atom stereocenters. The predicted octanol–water partition coefficient (Wildman–Crippen LogP) is 3.76. The highest BCUT2D eigenvalue weighted by atomic mass is 32.2. The van der Waals surface area contributed by atoms with Gasteiger partial charge >= 0.3 is 5.97 Å². The first-order chi connectivity index (χ1) is 15.3. The molecule has 0 spiro atoms. The quantitative estimate of drug-likeness (QED) is 0.416. The van der Waals surface area contributed by atoms with Crippen LogP contribution in [0, 0.1) is 11.6 Å². The maximum Gasteiger partial charge on any atom is 0.338 e. The molecule has 1 aliphatic rings. The largest absolute Gasteiger partial charge is 0.454 e. The fraction of sp³-hybridized carbons (Fsp3) is 0.130. The molecular formula is C23H17F2NO5S. The molecule has 3 aromatic carbocycles. The smallest absolute Gasteiger partial charge is 0.338 e. The van der Waals surface area contributed by atoms with Crippen LogP contribution in [-0.4, -0.2) is 33.3 Å². The van der Waals surface area contributed by atoms with Crippen molar-refractivity contribution in [2.45, 2.75) is 11.3 Å². The average Bonchev–Trinajstić information content (AvgIpc) is 3.24. The number of ether oxygens (including phenoxy) is 1. The second-order valence-corrected chi connectivity index (χ2v) is 8.97. The van der Waals surface area contributed by atoms with Gasteiger partial charge < -0.3 is 4.74 Å². The monoisotopic (exact) mass is 457 g/mol. The highest BCUT2D eigenvalue weighted by Gasteiger charge is 2.31. The molecular weight excluding hydrogens is 440 g/mol. The van der Waals surface area contributed by atoms with E-state index in [-0.39, 0.29) is 17.0 Å².